The topological polar surface area (TPSA) is 35.2 Å². The van der Waals surface area contributed by atoms with E-state index >= 15 is 0 Å². The van der Waals surface area contributed by atoms with Gasteiger partial charge >= 0.3 is 0 Å². The van der Waals surface area contributed by atoms with Crippen molar-refractivity contribution in [2.45, 2.75) is 32.2 Å². The molecule has 0 spiro atoms. The second-order valence-corrected chi connectivity index (χ2v) is 3.29. The van der Waals surface area contributed by atoms with Gasteiger partial charge in [-0.05, 0) is 25.7 Å². The van der Waals surface area contributed by atoms with Gasteiger partial charge in [0, 0.05) is 12.1 Å². The maximum Gasteiger partial charge on any atom is 0.0509 e. The third kappa shape index (κ3) is 1.70. The Labute approximate surface area is 62.7 Å². The molecule has 0 aliphatic heterocycles. The van der Waals surface area contributed by atoms with Gasteiger partial charge in [-0.25, -0.2) is 0 Å². The summed E-state index contributed by atoms with van der Waals surface area (Å²) in [7, 11) is 0. The van der Waals surface area contributed by atoms with Crippen molar-refractivity contribution >= 4 is 0 Å². The first-order chi connectivity index (χ1) is 4.69. The molecule has 1 aliphatic rings. The summed E-state index contributed by atoms with van der Waals surface area (Å²) in [6.07, 6.45) is 2.36. The molecule has 0 aromatic rings. The summed E-state index contributed by atoms with van der Waals surface area (Å²) in [6.45, 7) is 5.82. The monoisotopic (exact) mass is 143 g/mol. The highest BCUT2D eigenvalue weighted by Crippen LogP contribution is 2.39. The zero-order chi connectivity index (χ0) is 7.61. The molecule has 1 aliphatic carbocycles. The molecule has 0 amide bonds. The van der Waals surface area contributed by atoms with E-state index in [1.54, 1.807) is 0 Å². The molecule has 2 heteroatoms. The molecule has 1 unspecified atom stereocenters. The van der Waals surface area contributed by atoms with Crippen molar-refractivity contribution < 1.29 is 4.74 Å². The van der Waals surface area contributed by atoms with E-state index in [-0.39, 0.29) is 5.54 Å². The van der Waals surface area contributed by atoms with Crippen molar-refractivity contribution in [3.8, 4) is 0 Å². The van der Waals surface area contributed by atoms with Crippen LogP contribution in [0.5, 0.6) is 0 Å². The largest absolute Gasteiger partial charge is 0.381 e. The summed E-state index contributed by atoms with van der Waals surface area (Å²) in [5.74, 6) is 0.535. The van der Waals surface area contributed by atoms with Crippen LogP contribution in [0.3, 0.4) is 0 Å². The van der Waals surface area contributed by atoms with Gasteiger partial charge in [-0.3, -0.25) is 0 Å². The molecule has 0 heterocycles. The second-order valence-electron chi connectivity index (χ2n) is 3.29. The summed E-state index contributed by atoms with van der Waals surface area (Å²) in [5, 5.41) is 0. The number of ether oxygens (including phenoxy) is 1. The Morgan fingerprint density at radius 2 is 2.20 bits per heavy atom. The summed E-state index contributed by atoms with van der Waals surface area (Å²) in [6, 6.07) is 0. The lowest BCUT2D eigenvalue weighted by Crippen LogP contribution is -2.33. The molecule has 60 valence electrons. The Hall–Kier alpha value is -0.0800. The van der Waals surface area contributed by atoms with Gasteiger partial charge in [0.25, 0.3) is 0 Å². The minimum atomic E-state index is 0.134. The van der Waals surface area contributed by atoms with Gasteiger partial charge in [-0.15, -0.1) is 0 Å². The summed E-state index contributed by atoms with van der Waals surface area (Å²) < 4.78 is 5.28. The molecule has 0 bridgehead atoms. The van der Waals surface area contributed by atoms with E-state index < -0.39 is 0 Å². The van der Waals surface area contributed by atoms with Gasteiger partial charge in [0.1, 0.15) is 0 Å². The van der Waals surface area contributed by atoms with Gasteiger partial charge in [0.05, 0.1) is 6.61 Å². The summed E-state index contributed by atoms with van der Waals surface area (Å²) in [4.78, 5) is 0. The van der Waals surface area contributed by atoms with Gasteiger partial charge in [0.2, 0.25) is 0 Å². The second kappa shape index (κ2) is 2.89. The smallest absolute Gasteiger partial charge is 0.0509 e. The Morgan fingerprint density at radius 3 is 2.60 bits per heavy atom. The molecule has 1 rings (SSSR count). The van der Waals surface area contributed by atoms with E-state index in [0.717, 1.165) is 13.2 Å². The van der Waals surface area contributed by atoms with Crippen LogP contribution in [0.4, 0.5) is 0 Å². The maximum absolute atomic E-state index is 5.95. The lowest BCUT2D eigenvalue weighted by atomic mass is 10.0. The van der Waals surface area contributed by atoms with E-state index in [0.29, 0.717) is 5.92 Å². The molecule has 1 fully saturated rings. The quantitative estimate of drug-likeness (QED) is 0.640. The van der Waals surface area contributed by atoms with Crippen LogP contribution in [-0.2, 0) is 4.74 Å². The van der Waals surface area contributed by atoms with Crippen LogP contribution >= 0.6 is 0 Å². The summed E-state index contributed by atoms with van der Waals surface area (Å²) >= 11 is 0. The summed E-state index contributed by atoms with van der Waals surface area (Å²) in [5.41, 5.74) is 6.08. The van der Waals surface area contributed by atoms with Gasteiger partial charge < -0.3 is 10.5 Å². The van der Waals surface area contributed by atoms with Gasteiger partial charge in [-0.1, -0.05) is 6.92 Å². The normalized spacial score (nSPS) is 24.3. The average Bonchev–Trinajstić information content (AvgIpc) is 2.64. The predicted molar refractivity (Wildman–Crippen MR) is 41.8 cm³/mol. The van der Waals surface area contributed by atoms with E-state index in [2.05, 4.69) is 6.92 Å². The van der Waals surface area contributed by atoms with E-state index in [1.807, 2.05) is 6.92 Å². The third-order valence-electron chi connectivity index (χ3n) is 2.38. The Kier molecular flexibility index (Phi) is 2.32. The first-order valence-corrected chi connectivity index (χ1v) is 4.05. The lowest BCUT2D eigenvalue weighted by molar-refractivity contribution is 0.103. The van der Waals surface area contributed by atoms with E-state index in [9.17, 15) is 0 Å². The Morgan fingerprint density at radius 1 is 1.60 bits per heavy atom. The number of rotatable bonds is 4. The zero-order valence-electron chi connectivity index (χ0n) is 6.89. The maximum atomic E-state index is 5.95. The molecule has 2 N–H and O–H groups in total. The van der Waals surface area contributed by atoms with E-state index in [1.165, 1.54) is 12.8 Å². The minimum Gasteiger partial charge on any atom is -0.381 e. The zero-order valence-corrected chi connectivity index (χ0v) is 6.89. The SMILES string of the molecule is CCOCC(C)C1(N)CC1. The lowest BCUT2D eigenvalue weighted by Gasteiger charge is -2.17. The van der Waals surface area contributed by atoms with Crippen molar-refractivity contribution in [2.75, 3.05) is 13.2 Å². The first kappa shape index (κ1) is 8.02. The Bertz CT molecular complexity index is 110. The molecule has 1 saturated carbocycles. The van der Waals surface area contributed by atoms with Crippen LogP contribution in [0, 0.1) is 5.92 Å². The van der Waals surface area contributed by atoms with Crippen molar-refractivity contribution in [2.24, 2.45) is 11.7 Å². The number of hydrogen-bond donors (Lipinski definition) is 1. The fraction of sp³-hybridized carbons (Fsp3) is 1.00. The highest BCUT2D eigenvalue weighted by molar-refractivity contribution is 5.02. The van der Waals surface area contributed by atoms with Crippen LogP contribution in [-0.4, -0.2) is 18.8 Å². The molecule has 0 aromatic heterocycles. The minimum absolute atomic E-state index is 0.134. The fourth-order valence-electron chi connectivity index (χ4n) is 1.10. The van der Waals surface area contributed by atoms with Crippen molar-refractivity contribution in [3.05, 3.63) is 0 Å². The molecule has 2 nitrogen and oxygen atoms in total. The molecular formula is C8H17NO. The first-order valence-electron chi connectivity index (χ1n) is 4.05. The van der Waals surface area contributed by atoms with Crippen LogP contribution < -0.4 is 5.73 Å². The van der Waals surface area contributed by atoms with Crippen molar-refractivity contribution in [1.29, 1.82) is 0 Å². The van der Waals surface area contributed by atoms with Crippen LogP contribution in [0.2, 0.25) is 0 Å². The fourth-order valence-corrected chi connectivity index (χ4v) is 1.10. The predicted octanol–water partition coefficient (Wildman–Crippen LogP) is 1.15. The van der Waals surface area contributed by atoms with Crippen LogP contribution in [0.1, 0.15) is 26.7 Å². The number of hydrogen-bond acceptors (Lipinski definition) is 2. The van der Waals surface area contributed by atoms with Gasteiger partial charge in [0.15, 0.2) is 0 Å². The molecule has 0 radical (unpaired) electrons. The molecule has 1 atom stereocenters. The van der Waals surface area contributed by atoms with Crippen molar-refractivity contribution in [1.82, 2.24) is 0 Å². The molecular weight excluding hydrogens is 126 g/mol. The third-order valence-corrected chi connectivity index (χ3v) is 2.38. The number of nitrogens with two attached hydrogens (primary N) is 1. The van der Waals surface area contributed by atoms with Crippen molar-refractivity contribution in [3.63, 3.8) is 0 Å². The van der Waals surface area contributed by atoms with Crippen LogP contribution in [0.15, 0.2) is 0 Å². The van der Waals surface area contributed by atoms with E-state index in [4.69, 9.17) is 10.5 Å². The Balaban J connectivity index is 2.15. The standard InChI is InChI=1S/C8H17NO/c1-3-10-6-7(2)8(9)4-5-8/h7H,3-6,9H2,1-2H3. The highest BCUT2D eigenvalue weighted by atomic mass is 16.5. The molecule has 0 aromatic carbocycles. The molecule has 0 saturated heterocycles. The van der Waals surface area contributed by atoms with Crippen LogP contribution in [0.25, 0.3) is 0 Å². The van der Waals surface area contributed by atoms with Gasteiger partial charge in [-0.2, -0.15) is 0 Å². The average molecular weight is 143 g/mol. The highest BCUT2D eigenvalue weighted by Gasteiger charge is 2.43. The molecule has 10 heavy (non-hydrogen) atoms.